The van der Waals surface area contributed by atoms with Crippen LogP contribution in [-0.4, -0.2) is 26.2 Å². The molecule has 0 bridgehead atoms. The Bertz CT molecular complexity index is 491. The Balaban J connectivity index is 2.82. The number of methoxy groups -OCH3 is 2. The lowest BCUT2D eigenvalue weighted by Crippen LogP contribution is -2.06. The van der Waals surface area contributed by atoms with E-state index in [1.807, 2.05) is 30.3 Å². The van der Waals surface area contributed by atoms with Crippen LogP contribution in [0.15, 0.2) is 54.3 Å². The Morgan fingerprint density at radius 2 is 1.74 bits per heavy atom. The number of carbonyl (C=O) groups excluding carboxylic acids is 2. The van der Waals surface area contributed by atoms with Crippen LogP contribution in [0.3, 0.4) is 0 Å². The fourth-order valence-electron chi connectivity index (χ4n) is 1.21. The molecule has 0 radical (unpaired) electrons. The average Bonchev–Trinajstić information content (AvgIpc) is 2.47. The number of ether oxygens (including phenoxy) is 2. The second kappa shape index (κ2) is 7.71. The molecule has 0 saturated carbocycles. The summed E-state index contributed by atoms with van der Waals surface area (Å²) in [5.41, 5.74) is 1.02. The van der Waals surface area contributed by atoms with Gasteiger partial charge in [0, 0.05) is 18.0 Å². The van der Waals surface area contributed by atoms with Gasteiger partial charge >= 0.3 is 11.9 Å². The summed E-state index contributed by atoms with van der Waals surface area (Å²) in [6, 6.07) is 9.29. The molecule has 19 heavy (non-hydrogen) atoms. The van der Waals surface area contributed by atoms with Crippen LogP contribution in [0.4, 0.5) is 5.69 Å². The lowest BCUT2D eigenvalue weighted by molar-refractivity contribution is -0.135. The van der Waals surface area contributed by atoms with E-state index in [-0.39, 0.29) is 5.57 Å². The highest BCUT2D eigenvalue weighted by atomic mass is 16.5. The summed E-state index contributed by atoms with van der Waals surface area (Å²) in [7, 11) is 2.53. The average molecular weight is 261 g/mol. The highest BCUT2D eigenvalue weighted by Gasteiger charge is 2.06. The molecule has 0 saturated heterocycles. The van der Waals surface area contributed by atoms with E-state index >= 15 is 0 Å². The first kappa shape index (κ1) is 14.5. The van der Waals surface area contributed by atoms with Crippen LogP contribution in [0.2, 0.25) is 0 Å². The molecule has 0 unspecified atom stereocenters. The van der Waals surface area contributed by atoms with Crippen molar-refractivity contribution in [1.29, 1.82) is 0 Å². The third kappa shape index (κ3) is 5.08. The Morgan fingerprint density at radius 3 is 2.32 bits per heavy atom. The zero-order valence-electron chi connectivity index (χ0n) is 10.8. The van der Waals surface area contributed by atoms with E-state index in [9.17, 15) is 9.59 Å². The van der Waals surface area contributed by atoms with Gasteiger partial charge in [-0.1, -0.05) is 18.2 Å². The largest absolute Gasteiger partial charge is 0.466 e. The molecule has 100 valence electrons. The molecule has 5 heteroatoms. The minimum Gasteiger partial charge on any atom is -0.466 e. The molecule has 0 aliphatic heterocycles. The lowest BCUT2D eigenvalue weighted by atomic mass is 10.2. The Morgan fingerprint density at radius 1 is 1.05 bits per heavy atom. The fourth-order valence-corrected chi connectivity index (χ4v) is 1.21. The minimum absolute atomic E-state index is 0.205. The Kier molecular flexibility index (Phi) is 5.88. The standard InChI is InChI=1S/C14H15NO4/c1-18-13(16)9-8-11(14(17)19-2)10-15-12-6-4-3-5-7-12/h3-10,15H,1-2H3/b9-8+,11-10-. The van der Waals surface area contributed by atoms with Gasteiger partial charge in [-0.3, -0.25) is 0 Å². The van der Waals surface area contributed by atoms with Crippen LogP contribution >= 0.6 is 0 Å². The summed E-state index contributed by atoms with van der Waals surface area (Å²) in [4.78, 5) is 22.5. The van der Waals surface area contributed by atoms with Crippen LogP contribution in [0.1, 0.15) is 0 Å². The van der Waals surface area contributed by atoms with Gasteiger partial charge in [0.05, 0.1) is 19.8 Å². The molecule has 5 nitrogen and oxygen atoms in total. The van der Waals surface area contributed by atoms with E-state index in [1.54, 1.807) is 0 Å². The van der Waals surface area contributed by atoms with Crippen molar-refractivity contribution in [3.05, 3.63) is 54.3 Å². The van der Waals surface area contributed by atoms with Crippen molar-refractivity contribution < 1.29 is 19.1 Å². The first-order valence-corrected chi connectivity index (χ1v) is 5.53. The van der Waals surface area contributed by atoms with E-state index in [1.165, 1.54) is 26.5 Å². The summed E-state index contributed by atoms with van der Waals surface area (Å²) in [5.74, 6) is -1.10. The number of nitrogens with one attached hydrogen (secondary N) is 1. The molecule has 1 N–H and O–H groups in total. The minimum atomic E-state index is -0.552. The van der Waals surface area contributed by atoms with Crippen LogP contribution in [0, 0.1) is 0 Å². The third-order valence-electron chi connectivity index (χ3n) is 2.19. The molecular formula is C14H15NO4. The highest BCUT2D eigenvalue weighted by Crippen LogP contribution is 2.07. The molecule has 0 fully saturated rings. The number of benzene rings is 1. The van der Waals surface area contributed by atoms with Gasteiger partial charge in [0.2, 0.25) is 0 Å². The number of hydrogen-bond acceptors (Lipinski definition) is 5. The zero-order chi connectivity index (χ0) is 14.1. The van der Waals surface area contributed by atoms with Crippen molar-refractivity contribution >= 4 is 17.6 Å². The molecule has 1 aromatic rings. The Hall–Kier alpha value is -2.56. The molecule has 1 aromatic carbocycles. The SMILES string of the molecule is COC(=O)/C=C/C(=C/Nc1ccccc1)C(=O)OC. The monoisotopic (exact) mass is 261 g/mol. The Labute approximate surface area is 111 Å². The predicted molar refractivity (Wildman–Crippen MR) is 71.3 cm³/mol. The van der Waals surface area contributed by atoms with E-state index < -0.39 is 11.9 Å². The van der Waals surface area contributed by atoms with Crippen LogP contribution in [0.5, 0.6) is 0 Å². The third-order valence-corrected chi connectivity index (χ3v) is 2.19. The smallest absolute Gasteiger partial charge is 0.339 e. The van der Waals surface area contributed by atoms with E-state index in [0.29, 0.717) is 0 Å². The number of hydrogen-bond donors (Lipinski definition) is 1. The molecule has 0 heterocycles. The molecule has 0 aliphatic rings. The second-order valence-electron chi connectivity index (χ2n) is 3.46. The summed E-state index contributed by atoms with van der Waals surface area (Å²) in [6.07, 6.45) is 3.93. The maximum absolute atomic E-state index is 11.5. The van der Waals surface area contributed by atoms with Gasteiger partial charge in [-0.05, 0) is 18.2 Å². The highest BCUT2D eigenvalue weighted by molar-refractivity contribution is 5.94. The van der Waals surface area contributed by atoms with Gasteiger partial charge in [0.15, 0.2) is 0 Å². The first-order chi connectivity index (χ1) is 9.17. The van der Waals surface area contributed by atoms with E-state index in [4.69, 9.17) is 0 Å². The van der Waals surface area contributed by atoms with Crippen molar-refractivity contribution in [3.63, 3.8) is 0 Å². The van der Waals surface area contributed by atoms with Gasteiger partial charge in [-0.15, -0.1) is 0 Å². The molecule has 0 aliphatic carbocycles. The number of anilines is 1. The normalized spacial score (nSPS) is 11.2. The maximum atomic E-state index is 11.5. The topological polar surface area (TPSA) is 64.6 Å². The van der Waals surface area contributed by atoms with Gasteiger partial charge in [-0.25, -0.2) is 9.59 Å². The van der Waals surface area contributed by atoms with Crippen molar-refractivity contribution in [1.82, 2.24) is 0 Å². The maximum Gasteiger partial charge on any atom is 0.339 e. The number of esters is 2. The first-order valence-electron chi connectivity index (χ1n) is 5.53. The molecule has 0 aromatic heterocycles. The number of rotatable bonds is 5. The van der Waals surface area contributed by atoms with Gasteiger partial charge in [0.25, 0.3) is 0 Å². The van der Waals surface area contributed by atoms with Crippen LogP contribution in [-0.2, 0) is 19.1 Å². The quantitative estimate of drug-likeness (QED) is 0.498. The molecule has 0 atom stereocenters. The summed E-state index contributed by atoms with van der Waals surface area (Å²) >= 11 is 0. The van der Waals surface area contributed by atoms with Crippen molar-refractivity contribution in [2.45, 2.75) is 0 Å². The van der Waals surface area contributed by atoms with Gasteiger partial charge < -0.3 is 14.8 Å². The van der Waals surface area contributed by atoms with Crippen LogP contribution < -0.4 is 5.32 Å². The van der Waals surface area contributed by atoms with Gasteiger partial charge in [0.1, 0.15) is 0 Å². The van der Waals surface area contributed by atoms with Gasteiger partial charge in [-0.2, -0.15) is 0 Å². The summed E-state index contributed by atoms with van der Waals surface area (Å²) < 4.78 is 9.07. The van der Waals surface area contributed by atoms with Crippen LogP contribution in [0.25, 0.3) is 0 Å². The summed E-state index contributed by atoms with van der Waals surface area (Å²) in [6.45, 7) is 0. The van der Waals surface area contributed by atoms with Crippen molar-refractivity contribution in [2.75, 3.05) is 19.5 Å². The molecule has 0 amide bonds. The number of carbonyl (C=O) groups is 2. The lowest BCUT2D eigenvalue weighted by Gasteiger charge is -2.03. The number of para-hydroxylation sites is 1. The second-order valence-corrected chi connectivity index (χ2v) is 3.46. The van der Waals surface area contributed by atoms with Crippen molar-refractivity contribution in [2.24, 2.45) is 0 Å². The zero-order valence-corrected chi connectivity index (χ0v) is 10.8. The molecule has 1 rings (SSSR count). The van der Waals surface area contributed by atoms with Crippen molar-refractivity contribution in [3.8, 4) is 0 Å². The fraction of sp³-hybridized carbons (Fsp3) is 0.143. The van der Waals surface area contributed by atoms with E-state index in [0.717, 1.165) is 11.8 Å². The van der Waals surface area contributed by atoms with E-state index in [2.05, 4.69) is 14.8 Å². The predicted octanol–water partition coefficient (Wildman–Crippen LogP) is 1.88. The summed E-state index contributed by atoms with van der Waals surface area (Å²) in [5, 5.41) is 2.94. The molecular weight excluding hydrogens is 246 g/mol. The molecule has 0 spiro atoms.